The minimum absolute atomic E-state index is 0.161. The molecule has 0 bridgehead atoms. The average molecular weight is 174 g/mol. The third kappa shape index (κ3) is 1.97. The molecule has 1 aliphatic rings. The van der Waals surface area contributed by atoms with Gasteiger partial charge in [0.1, 0.15) is 5.60 Å². The predicted octanol–water partition coefficient (Wildman–Crippen LogP) is 1.16. The fraction of sp³-hybridized carbons (Fsp3) is 1.00. The van der Waals surface area contributed by atoms with Gasteiger partial charge in [-0.1, -0.05) is 13.8 Å². The van der Waals surface area contributed by atoms with Crippen LogP contribution in [-0.4, -0.2) is 29.7 Å². The Labute approximate surface area is 73.7 Å². The molecule has 1 aliphatic heterocycles. The maximum atomic E-state index is 9.93. The maximum absolute atomic E-state index is 9.93. The van der Waals surface area contributed by atoms with E-state index in [1.807, 2.05) is 27.7 Å². The van der Waals surface area contributed by atoms with Crippen LogP contribution in [-0.2, 0) is 9.47 Å². The molecule has 1 N–H and O–H groups in total. The lowest BCUT2D eigenvalue weighted by atomic mass is 9.91. The summed E-state index contributed by atoms with van der Waals surface area (Å²) >= 11 is 0. The van der Waals surface area contributed by atoms with Crippen molar-refractivity contribution < 1.29 is 14.6 Å². The standard InChI is InChI=1S/C9H18O3/c1-7(2)9(10)5-11-8(3,4)12-6-9/h7,10H,5-6H2,1-4H3. The van der Waals surface area contributed by atoms with E-state index >= 15 is 0 Å². The molecular formula is C9H18O3. The lowest BCUT2D eigenvalue weighted by Gasteiger charge is -2.42. The first-order valence-corrected chi connectivity index (χ1v) is 4.36. The van der Waals surface area contributed by atoms with Crippen molar-refractivity contribution in [2.45, 2.75) is 39.1 Å². The second-order valence-corrected chi connectivity index (χ2v) is 4.24. The van der Waals surface area contributed by atoms with Gasteiger partial charge in [0.15, 0.2) is 5.79 Å². The lowest BCUT2D eigenvalue weighted by Crippen LogP contribution is -2.54. The molecule has 0 unspecified atom stereocenters. The SMILES string of the molecule is CC(C)C1(O)COC(C)(C)OC1. The van der Waals surface area contributed by atoms with Crippen molar-refractivity contribution in [1.82, 2.24) is 0 Å². The smallest absolute Gasteiger partial charge is 0.163 e. The molecule has 3 nitrogen and oxygen atoms in total. The molecule has 0 amide bonds. The van der Waals surface area contributed by atoms with E-state index < -0.39 is 11.4 Å². The molecular weight excluding hydrogens is 156 g/mol. The summed E-state index contributed by atoms with van der Waals surface area (Å²) in [6.07, 6.45) is 0. The number of aliphatic hydroxyl groups is 1. The van der Waals surface area contributed by atoms with Gasteiger partial charge < -0.3 is 14.6 Å². The van der Waals surface area contributed by atoms with Crippen LogP contribution >= 0.6 is 0 Å². The summed E-state index contributed by atoms with van der Waals surface area (Å²) in [6.45, 7) is 8.35. The molecule has 1 fully saturated rings. The van der Waals surface area contributed by atoms with Crippen LogP contribution in [0.4, 0.5) is 0 Å². The largest absolute Gasteiger partial charge is 0.385 e. The molecule has 1 heterocycles. The number of ether oxygens (including phenoxy) is 2. The molecule has 0 aliphatic carbocycles. The molecule has 1 rings (SSSR count). The summed E-state index contributed by atoms with van der Waals surface area (Å²) in [5, 5.41) is 9.93. The van der Waals surface area contributed by atoms with Gasteiger partial charge in [0.25, 0.3) is 0 Å². The van der Waals surface area contributed by atoms with Gasteiger partial charge in [-0.3, -0.25) is 0 Å². The number of hydrogen-bond acceptors (Lipinski definition) is 3. The van der Waals surface area contributed by atoms with Crippen molar-refractivity contribution in [3.05, 3.63) is 0 Å². The molecule has 3 heteroatoms. The van der Waals surface area contributed by atoms with Gasteiger partial charge in [-0.2, -0.15) is 0 Å². The van der Waals surface area contributed by atoms with Crippen molar-refractivity contribution >= 4 is 0 Å². The van der Waals surface area contributed by atoms with Crippen molar-refractivity contribution in [3.8, 4) is 0 Å². The zero-order valence-corrected chi connectivity index (χ0v) is 8.26. The fourth-order valence-corrected chi connectivity index (χ4v) is 1.01. The lowest BCUT2D eigenvalue weighted by molar-refractivity contribution is -0.309. The normalized spacial score (nSPS) is 27.5. The monoisotopic (exact) mass is 174 g/mol. The maximum Gasteiger partial charge on any atom is 0.163 e. The Hall–Kier alpha value is -0.120. The second kappa shape index (κ2) is 2.98. The zero-order chi connectivity index (χ0) is 9.41. The van der Waals surface area contributed by atoms with E-state index in [4.69, 9.17) is 9.47 Å². The minimum atomic E-state index is -0.810. The zero-order valence-electron chi connectivity index (χ0n) is 8.26. The van der Waals surface area contributed by atoms with Crippen molar-refractivity contribution in [2.24, 2.45) is 5.92 Å². The topological polar surface area (TPSA) is 38.7 Å². The van der Waals surface area contributed by atoms with Gasteiger partial charge >= 0.3 is 0 Å². The van der Waals surface area contributed by atoms with Crippen LogP contribution in [0.3, 0.4) is 0 Å². The average Bonchev–Trinajstić information content (AvgIpc) is 1.96. The first-order valence-electron chi connectivity index (χ1n) is 4.36. The number of hydrogen-bond donors (Lipinski definition) is 1. The van der Waals surface area contributed by atoms with E-state index in [0.717, 1.165) is 0 Å². The van der Waals surface area contributed by atoms with Gasteiger partial charge in [-0.25, -0.2) is 0 Å². The minimum Gasteiger partial charge on any atom is -0.385 e. The summed E-state index contributed by atoms with van der Waals surface area (Å²) in [5.74, 6) is -0.380. The Morgan fingerprint density at radius 2 is 1.58 bits per heavy atom. The van der Waals surface area contributed by atoms with Crippen LogP contribution in [0.5, 0.6) is 0 Å². The Kier molecular flexibility index (Phi) is 2.47. The second-order valence-electron chi connectivity index (χ2n) is 4.24. The van der Waals surface area contributed by atoms with E-state index in [1.165, 1.54) is 0 Å². The van der Waals surface area contributed by atoms with Crippen LogP contribution < -0.4 is 0 Å². The summed E-state index contributed by atoms with van der Waals surface area (Å²) in [6, 6.07) is 0. The molecule has 0 aromatic heterocycles. The summed E-state index contributed by atoms with van der Waals surface area (Å²) in [5.41, 5.74) is -0.810. The van der Waals surface area contributed by atoms with Crippen LogP contribution in [0.25, 0.3) is 0 Å². The van der Waals surface area contributed by atoms with Crippen LogP contribution in [0, 0.1) is 5.92 Å². The quantitative estimate of drug-likeness (QED) is 0.648. The van der Waals surface area contributed by atoms with Crippen molar-refractivity contribution in [2.75, 3.05) is 13.2 Å². The molecule has 0 atom stereocenters. The fourth-order valence-electron chi connectivity index (χ4n) is 1.01. The highest BCUT2D eigenvalue weighted by molar-refractivity contribution is 4.85. The third-order valence-electron chi connectivity index (χ3n) is 2.41. The van der Waals surface area contributed by atoms with Crippen LogP contribution in [0.2, 0.25) is 0 Å². The Bertz CT molecular complexity index is 153. The first-order chi connectivity index (χ1) is 5.36. The van der Waals surface area contributed by atoms with E-state index in [9.17, 15) is 5.11 Å². The van der Waals surface area contributed by atoms with Crippen LogP contribution in [0.15, 0.2) is 0 Å². The highest BCUT2D eigenvalue weighted by Gasteiger charge is 2.40. The van der Waals surface area contributed by atoms with Crippen LogP contribution in [0.1, 0.15) is 27.7 Å². The van der Waals surface area contributed by atoms with Gasteiger partial charge in [0.05, 0.1) is 13.2 Å². The molecule has 0 radical (unpaired) electrons. The number of rotatable bonds is 1. The van der Waals surface area contributed by atoms with E-state index in [1.54, 1.807) is 0 Å². The first kappa shape index (κ1) is 9.96. The third-order valence-corrected chi connectivity index (χ3v) is 2.41. The molecule has 72 valence electrons. The highest BCUT2D eigenvalue weighted by Crippen LogP contribution is 2.28. The van der Waals surface area contributed by atoms with Crippen molar-refractivity contribution in [1.29, 1.82) is 0 Å². The van der Waals surface area contributed by atoms with Gasteiger partial charge in [-0.05, 0) is 19.8 Å². The van der Waals surface area contributed by atoms with E-state index in [0.29, 0.717) is 13.2 Å². The predicted molar refractivity (Wildman–Crippen MR) is 45.8 cm³/mol. The molecule has 0 saturated carbocycles. The Morgan fingerprint density at radius 1 is 1.17 bits per heavy atom. The molecule has 0 aromatic rings. The molecule has 12 heavy (non-hydrogen) atoms. The molecule has 0 spiro atoms. The molecule has 1 saturated heterocycles. The Morgan fingerprint density at radius 3 is 1.92 bits per heavy atom. The van der Waals surface area contributed by atoms with Gasteiger partial charge in [0, 0.05) is 0 Å². The summed E-state index contributed by atoms with van der Waals surface area (Å²) in [4.78, 5) is 0. The summed E-state index contributed by atoms with van der Waals surface area (Å²) in [7, 11) is 0. The molecule has 0 aromatic carbocycles. The Balaban J connectivity index is 2.55. The highest BCUT2D eigenvalue weighted by atomic mass is 16.7. The summed E-state index contributed by atoms with van der Waals surface area (Å²) < 4.78 is 10.7. The van der Waals surface area contributed by atoms with Gasteiger partial charge in [-0.15, -0.1) is 0 Å². The van der Waals surface area contributed by atoms with E-state index in [-0.39, 0.29) is 5.92 Å². The van der Waals surface area contributed by atoms with E-state index in [2.05, 4.69) is 0 Å². The van der Waals surface area contributed by atoms with Crippen molar-refractivity contribution in [3.63, 3.8) is 0 Å². The van der Waals surface area contributed by atoms with Gasteiger partial charge in [0.2, 0.25) is 0 Å².